The summed E-state index contributed by atoms with van der Waals surface area (Å²) in [6.45, 7) is 1.70. The lowest BCUT2D eigenvalue weighted by molar-refractivity contribution is 0.275. The maximum Gasteiger partial charge on any atom is 0.272 e. The molecule has 3 heterocycles. The Morgan fingerprint density at radius 3 is 2.77 bits per heavy atom. The fourth-order valence-electron chi connectivity index (χ4n) is 4.92. The van der Waals surface area contributed by atoms with Crippen LogP contribution in [0.4, 0.5) is 4.39 Å². The van der Waals surface area contributed by atoms with Gasteiger partial charge < -0.3 is 15.3 Å². The van der Waals surface area contributed by atoms with E-state index in [1.54, 1.807) is 4.68 Å². The van der Waals surface area contributed by atoms with Gasteiger partial charge in [0.2, 0.25) is 0 Å². The molecular weight excluding hydrogens is 449 g/mol. The third-order valence-electron chi connectivity index (χ3n) is 6.39. The summed E-state index contributed by atoms with van der Waals surface area (Å²) in [5.74, 6) is -0.223. The van der Waals surface area contributed by atoms with Gasteiger partial charge in [-0.05, 0) is 49.3 Å². The molecule has 0 spiro atoms. The second kappa shape index (κ2) is 9.65. The molecular formula is C25H28FN7O2. The van der Waals surface area contributed by atoms with Gasteiger partial charge in [0.05, 0.1) is 17.0 Å². The summed E-state index contributed by atoms with van der Waals surface area (Å²) in [6.07, 6.45) is 2.01. The SMILES string of the molecule is CN(C)Cc1ccc(C2NCc3cc(F)cc4c(=O)[nH]nc(c34)C2c2ncnn2CCCO)cc1. The van der Waals surface area contributed by atoms with E-state index in [1.807, 2.05) is 14.1 Å². The standard InChI is InChI=1S/C25H28FN7O2/c1-32(2)13-15-4-6-16(7-5-15)22-21(24-28-14-29-33(24)8-3-9-34)23-20-17(12-27-22)10-18(26)11-19(20)25(35)31-30-23/h4-7,10-11,14,21-22,27,34H,3,8-9,12-13H2,1-2H3,(H,31,35). The Hall–Kier alpha value is -3.47. The van der Waals surface area contributed by atoms with Gasteiger partial charge in [0, 0.05) is 37.7 Å². The number of nitrogens with one attached hydrogen (secondary N) is 2. The van der Waals surface area contributed by atoms with Crippen LogP contribution in [0.1, 0.15) is 46.6 Å². The highest BCUT2D eigenvalue weighted by Gasteiger charge is 2.36. The van der Waals surface area contributed by atoms with Crippen LogP contribution in [-0.4, -0.2) is 55.7 Å². The van der Waals surface area contributed by atoms with Crippen molar-refractivity contribution >= 4 is 10.8 Å². The van der Waals surface area contributed by atoms with Gasteiger partial charge in [-0.3, -0.25) is 4.79 Å². The number of aliphatic hydroxyl groups is 1. The monoisotopic (exact) mass is 477 g/mol. The summed E-state index contributed by atoms with van der Waals surface area (Å²) in [5, 5.41) is 25.3. The van der Waals surface area contributed by atoms with E-state index in [0.717, 1.165) is 12.1 Å². The maximum absolute atomic E-state index is 14.4. The average Bonchev–Trinajstić information content (AvgIpc) is 3.23. The molecule has 0 aliphatic carbocycles. The number of hydrogen-bond acceptors (Lipinski definition) is 7. The van der Waals surface area contributed by atoms with E-state index in [0.29, 0.717) is 42.0 Å². The molecule has 1 aliphatic rings. The Morgan fingerprint density at radius 2 is 2.03 bits per heavy atom. The zero-order valence-electron chi connectivity index (χ0n) is 19.7. The van der Waals surface area contributed by atoms with Crippen LogP contribution in [0, 0.1) is 5.82 Å². The number of aromatic nitrogens is 5. The number of aromatic amines is 1. The van der Waals surface area contributed by atoms with E-state index in [1.165, 1.54) is 24.0 Å². The minimum Gasteiger partial charge on any atom is -0.396 e. The van der Waals surface area contributed by atoms with Crippen molar-refractivity contribution in [2.24, 2.45) is 0 Å². The van der Waals surface area contributed by atoms with Crippen LogP contribution in [0.5, 0.6) is 0 Å². The maximum atomic E-state index is 14.4. The van der Waals surface area contributed by atoms with Gasteiger partial charge in [-0.2, -0.15) is 10.2 Å². The van der Waals surface area contributed by atoms with Crippen molar-refractivity contribution < 1.29 is 9.50 Å². The van der Waals surface area contributed by atoms with Crippen LogP contribution in [0.25, 0.3) is 10.8 Å². The summed E-state index contributed by atoms with van der Waals surface area (Å²) in [6, 6.07) is 10.8. The lowest BCUT2D eigenvalue weighted by Gasteiger charge is -2.26. The Labute approximate surface area is 201 Å². The van der Waals surface area contributed by atoms with Crippen molar-refractivity contribution in [1.29, 1.82) is 0 Å². The molecule has 0 bridgehead atoms. The molecule has 5 rings (SSSR count). The van der Waals surface area contributed by atoms with Gasteiger partial charge >= 0.3 is 0 Å². The highest BCUT2D eigenvalue weighted by Crippen LogP contribution is 2.41. The molecule has 2 unspecified atom stereocenters. The molecule has 3 N–H and O–H groups in total. The minimum absolute atomic E-state index is 0.0300. The number of halogens is 1. The van der Waals surface area contributed by atoms with Crippen molar-refractivity contribution in [3.05, 3.63) is 87.1 Å². The number of nitrogens with zero attached hydrogens (tertiary/aromatic N) is 5. The summed E-state index contributed by atoms with van der Waals surface area (Å²) in [4.78, 5) is 19.3. The first-order chi connectivity index (χ1) is 17.0. The zero-order chi connectivity index (χ0) is 24.5. The first-order valence-corrected chi connectivity index (χ1v) is 11.6. The molecule has 2 aromatic carbocycles. The smallest absolute Gasteiger partial charge is 0.272 e. The van der Waals surface area contributed by atoms with Gasteiger partial charge in [0.15, 0.2) is 0 Å². The normalized spacial score (nSPS) is 17.7. The van der Waals surface area contributed by atoms with Crippen molar-refractivity contribution in [2.45, 2.75) is 38.0 Å². The van der Waals surface area contributed by atoms with Gasteiger partial charge in [-0.1, -0.05) is 24.3 Å². The molecule has 2 atom stereocenters. The van der Waals surface area contributed by atoms with Gasteiger partial charge in [0.25, 0.3) is 5.56 Å². The molecule has 0 radical (unpaired) electrons. The fourth-order valence-corrected chi connectivity index (χ4v) is 4.92. The van der Waals surface area contributed by atoms with Crippen LogP contribution >= 0.6 is 0 Å². The molecule has 0 saturated carbocycles. The van der Waals surface area contributed by atoms with E-state index in [-0.39, 0.29) is 18.0 Å². The van der Waals surface area contributed by atoms with Gasteiger partial charge in [-0.15, -0.1) is 0 Å². The Morgan fingerprint density at radius 1 is 1.23 bits per heavy atom. The predicted molar refractivity (Wildman–Crippen MR) is 129 cm³/mol. The summed E-state index contributed by atoms with van der Waals surface area (Å²) in [5.41, 5.74) is 3.05. The highest BCUT2D eigenvalue weighted by molar-refractivity contribution is 5.88. The minimum atomic E-state index is -0.467. The third kappa shape index (κ3) is 4.47. The molecule has 35 heavy (non-hydrogen) atoms. The van der Waals surface area contributed by atoms with Gasteiger partial charge in [-0.25, -0.2) is 19.2 Å². The van der Waals surface area contributed by atoms with E-state index in [9.17, 15) is 14.3 Å². The number of H-pyrrole nitrogens is 1. The number of hydrogen-bond donors (Lipinski definition) is 3. The predicted octanol–water partition coefficient (Wildman–Crippen LogP) is 2.07. The van der Waals surface area contributed by atoms with Crippen LogP contribution in [0.15, 0.2) is 47.5 Å². The molecule has 9 nitrogen and oxygen atoms in total. The second-order valence-electron chi connectivity index (χ2n) is 9.16. The topological polar surface area (TPSA) is 112 Å². The summed E-state index contributed by atoms with van der Waals surface area (Å²) in [7, 11) is 4.05. The molecule has 2 aromatic heterocycles. The number of benzene rings is 2. The lowest BCUT2D eigenvalue weighted by atomic mass is 9.87. The zero-order valence-corrected chi connectivity index (χ0v) is 19.7. The number of rotatable bonds is 7. The average molecular weight is 478 g/mol. The molecule has 1 aliphatic heterocycles. The van der Waals surface area contributed by atoms with E-state index < -0.39 is 17.3 Å². The second-order valence-corrected chi connectivity index (χ2v) is 9.16. The largest absolute Gasteiger partial charge is 0.396 e. The van der Waals surface area contributed by atoms with Crippen LogP contribution < -0.4 is 10.9 Å². The summed E-state index contributed by atoms with van der Waals surface area (Å²) >= 11 is 0. The van der Waals surface area contributed by atoms with Crippen LogP contribution in [-0.2, 0) is 19.6 Å². The van der Waals surface area contributed by atoms with Crippen LogP contribution in [0.3, 0.4) is 0 Å². The Bertz CT molecular complexity index is 1400. The van der Waals surface area contributed by atoms with Crippen molar-refractivity contribution in [3.63, 3.8) is 0 Å². The van der Waals surface area contributed by atoms with Crippen molar-refractivity contribution in [1.82, 2.24) is 35.2 Å². The number of aliphatic hydroxyl groups excluding tert-OH is 1. The van der Waals surface area contributed by atoms with Crippen LogP contribution in [0.2, 0.25) is 0 Å². The first-order valence-electron chi connectivity index (χ1n) is 11.6. The molecule has 4 aromatic rings. The van der Waals surface area contributed by atoms with E-state index >= 15 is 0 Å². The van der Waals surface area contributed by atoms with Gasteiger partial charge in [0.1, 0.15) is 18.0 Å². The molecule has 0 fully saturated rings. The molecule has 10 heteroatoms. The van der Waals surface area contributed by atoms with E-state index in [4.69, 9.17) is 0 Å². The lowest BCUT2D eigenvalue weighted by Crippen LogP contribution is -2.29. The van der Waals surface area contributed by atoms with Crippen molar-refractivity contribution in [3.8, 4) is 0 Å². The van der Waals surface area contributed by atoms with Crippen molar-refractivity contribution in [2.75, 3.05) is 20.7 Å². The number of aryl methyl sites for hydroxylation is 1. The quantitative estimate of drug-likeness (QED) is 0.374. The van der Waals surface area contributed by atoms with E-state index in [2.05, 4.69) is 54.8 Å². The first kappa shape index (κ1) is 23.3. The Balaban J connectivity index is 1.70. The Kier molecular flexibility index (Phi) is 6.42. The fraction of sp³-hybridized carbons (Fsp3) is 0.360. The molecule has 182 valence electrons. The third-order valence-corrected chi connectivity index (χ3v) is 6.39. The molecule has 0 saturated heterocycles. The summed E-state index contributed by atoms with van der Waals surface area (Å²) < 4.78 is 16.2. The molecule has 0 amide bonds. The highest BCUT2D eigenvalue weighted by atomic mass is 19.1.